The van der Waals surface area contributed by atoms with Crippen LogP contribution in [-0.4, -0.2) is 7.11 Å². The van der Waals surface area contributed by atoms with Gasteiger partial charge in [0, 0.05) is 17.7 Å². The molecule has 1 rings (SSSR count). The molecule has 0 saturated heterocycles. The normalized spacial score (nSPS) is 11.5. The molecular formula is C12H17ClFNO. The lowest BCUT2D eigenvalue weighted by molar-refractivity contribution is 0.410. The van der Waals surface area contributed by atoms with Gasteiger partial charge in [0.25, 0.3) is 0 Å². The van der Waals surface area contributed by atoms with E-state index in [1.165, 1.54) is 13.2 Å². The van der Waals surface area contributed by atoms with E-state index in [-0.39, 0.29) is 24.3 Å². The van der Waals surface area contributed by atoms with Crippen molar-refractivity contribution >= 4 is 12.4 Å². The van der Waals surface area contributed by atoms with Crippen molar-refractivity contribution in [2.24, 2.45) is 5.73 Å². The molecule has 90 valence electrons. The van der Waals surface area contributed by atoms with Gasteiger partial charge in [-0.25, -0.2) is 4.39 Å². The zero-order valence-electron chi connectivity index (χ0n) is 9.50. The van der Waals surface area contributed by atoms with Crippen molar-refractivity contribution in [1.29, 1.82) is 0 Å². The van der Waals surface area contributed by atoms with Crippen molar-refractivity contribution < 1.29 is 9.13 Å². The number of halogens is 2. The monoisotopic (exact) mass is 245 g/mol. The standard InChI is InChI=1S/C12H16FNO.ClH/c1-8(2)6-12(14)10-5-4-9(15-3)7-11(10)13;/h4-5,7,12H,1,6,14H2,2-3H3;1H/t12-;/m1./s1. The summed E-state index contributed by atoms with van der Waals surface area (Å²) in [4.78, 5) is 0. The molecule has 0 amide bonds. The fraction of sp³-hybridized carbons (Fsp3) is 0.333. The maximum absolute atomic E-state index is 13.5. The van der Waals surface area contributed by atoms with E-state index >= 15 is 0 Å². The predicted octanol–water partition coefficient (Wildman–Crippen LogP) is 3.22. The van der Waals surface area contributed by atoms with Gasteiger partial charge in [0.05, 0.1) is 7.11 Å². The van der Waals surface area contributed by atoms with Crippen LogP contribution in [0.25, 0.3) is 0 Å². The Morgan fingerprint density at radius 1 is 1.56 bits per heavy atom. The molecule has 0 bridgehead atoms. The first-order valence-corrected chi connectivity index (χ1v) is 4.78. The Balaban J connectivity index is 0.00000225. The van der Waals surface area contributed by atoms with Crippen molar-refractivity contribution in [1.82, 2.24) is 0 Å². The number of benzene rings is 1. The zero-order chi connectivity index (χ0) is 11.4. The average molecular weight is 246 g/mol. The van der Waals surface area contributed by atoms with Gasteiger partial charge in [0.2, 0.25) is 0 Å². The summed E-state index contributed by atoms with van der Waals surface area (Å²) >= 11 is 0. The first kappa shape index (κ1) is 14.9. The minimum absolute atomic E-state index is 0. The summed E-state index contributed by atoms with van der Waals surface area (Å²) in [6, 6.07) is 4.36. The Morgan fingerprint density at radius 2 is 2.19 bits per heavy atom. The van der Waals surface area contributed by atoms with E-state index in [4.69, 9.17) is 10.5 Å². The molecule has 2 nitrogen and oxygen atoms in total. The Morgan fingerprint density at radius 3 is 2.62 bits per heavy atom. The second-order valence-corrected chi connectivity index (χ2v) is 3.66. The summed E-state index contributed by atoms with van der Waals surface area (Å²) in [7, 11) is 1.50. The van der Waals surface area contributed by atoms with Crippen LogP contribution in [0.3, 0.4) is 0 Å². The van der Waals surface area contributed by atoms with Crippen molar-refractivity contribution in [3.63, 3.8) is 0 Å². The van der Waals surface area contributed by atoms with E-state index in [1.807, 2.05) is 6.92 Å². The number of rotatable bonds is 4. The molecule has 16 heavy (non-hydrogen) atoms. The molecule has 1 aromatic rings. The molecule has 0 fully saturated rings. The Bertz CT molecular complexity index is 368. The molecule has 4 heteroatoms. The molecule has 0 aliphatic heterocycles. The summed E-state index contributed by atoms with van der Waals surface area (Å²) in [6.45, 7) is 5.63. The van der Waals surface area contributed by atoms with Crippen LogP contribution in [0.2, 0.25) is 0 Å². The van der Waals surface area contributed by atoms with E-state index in [9.17, 15) is 4.39 Å². The first-order valence-electron chi connectivity index (χ1n) is 4.78. The minimum Gasteiger partial charge on any atom is -0.497 e. The molecule has 2 N–H and O–H groups in total. The Hall–Kier alpha value is -1.06. The number of nitrogens with two attached hydrogens (primary N) is 1. The van der Waals surface area contributed by atoms with E-state index in [0.717, 1.165) is 5.57 Å². The molecule has 0 saturated carbocycles. The SMILES string of the molecule is C=C(C)C[C@@H](N)c1ccc(OC)cc1F.Cl. The van der Waals surface area contributed by atoms with Crippen molar-refractivity contribution in [2.75, 3.05) is 7.11 Å². The van der Waals surface area contributed by atoms with E-state index < -0.39 is 0 Å². The van der Waals surface area contributed by atoms with Crippen LogP contribution in [0.4, 0.5) is 4.39 Å². The van der Waals surface area contributed by atoms with Crippen LogP contribution < -0.4 is 10.5 Å². The van der Waals surface area contributed by atoms with Gasteiger partial charge in [-0.3, -0.25) is 0 Å². The maximum atomic E-state index is 13.5. The smallest absolute Gasteiger partial charge is 0.131 e. The quantitative estimate of drug-likeness (QED) is 0.827. The zero-order valence-corrected chi connectivity index (χ0v) is 10.3. The minimum atomic E-state index is -0.339. The molecule has 1 atom stereocenters. The van der Waals surface area contributed by atoms with Gasteiger partial charge in [-0.05, 0) is 19.4 Å². The number of hydrogen-bond acceptors (Lipinski definition) is 2. The lowest BCUT2D eigenvalue weighted by Gasteiger charge is -2.13. The topological polar surface area (TPSA) is 35.2 Å². The maximum Gasteiger partial charge on any atom is 0.131 e. The molecule has 0 aliphatic carbocycles. The van der Waals surface area contributed by atoms with Crippen LogP contribution >= 0.6 is 12.4 Å². The van der Waals surface area contributed by atoms with Crippen LogP contribution in [0.5, 0.6) is 5.75 Å². The van der Waals surface area contributed by atoms with Crippen LogP contribution in [0, 0.1) is 5.82 Å². The highest BCUT2D eigenvalue weighted by Crippen LogP contribution is 2.23. The van der Waals surface area contributed by atoms with Crippen molar-refractivity contribution in [2.45, 2.75) is 19.4 Å². The summed E-state index contributed by atoms with van der Waals surface area (Å²) in [5, 5.41) is 0. The van der Waals surface area contributed by atoms with E-state index in [1.54, 1.807) is 12.1 Å². The molecular weight excluding hydrogens is 229 g/mol. The van der Waals surface area contributed by atoms with Gasteiger partial charge in [-0.2, -0.15) is 0 Å². The fourth-order valence-electron chi connectivity index (χ4n) is 1.42. The van der Waals surface area contributed by atoms with Gasteiger partial charge in [0.1, 0.15) is 11.6 Å². The third-order valence-corrected chi connectivity index (χ3v) is 2.18. The highest BCUT2D eigenvalue weighted by atomic mass is 35.5. The largest absolute Gasteiger partial charge is 0.497 e. The number of hydrogen-bond donors (Lipinski definition) is 1. The van der Waals surface area contributed by atoms with Gasteiger partial charge in [-0.15, -0.1) is 19.0 Å². The number of methoxy groups -OCH3 is 1. The predicted molar refractivity (Wildman–Crippen MR) is 66.6 cm³/mol. The highest BCUT2D eigenvalue weighted by molar-refractivity contribution is 5.85. The molecule has 0 aliphatic rings. The third-order valence-electron chi connectivity index (χ3n) is 2.18. The van der Waals surface area contributed by atoms with Gasteiger partial charge < -0.3 is 10.5 Å². The summed E-state index contributed by atoms with van der Waals surface area (Å²) in [5.41, 5.74) is 7.29. The van der Waals surface area contributed by atoms with Gasteiger partial charge >= 0.3 is 0 Å². The molecule has 0 heterocycles. The second-order valence-electron chi connectivity index (χ2n) is 3.66. The molecule has 0 aromatic heterocycles. The molecule has 1 aromatic carbocycles. The Labute approximate surface area is 102 Å². The summed E-state index contributed by atoms with van der Waals surface area (Å²) in [5.74, 6) is 0.168. The van der Waals surface area contributed by atoms with Crippen LogP contribution in [0.15, 0.2) is 30.4 Å². The highest BCUT2D eigenvalue weighted by Gasteiger charge is 2.12. The summed E-state index contributed by atoms with van der Waals surface area (Å²) in [6.07, 6.45) is 0.587. The molecule has 0 radical (unpaired) electrons. The fourth-order valence-corrected chi connectivity index (χ4v) is 1.42. The van der Waals surface area contributed by atoms with E-state index in [2.05, 4.69) is 6.58 Å². The lowest BCUT2D eigenvalue weighted by Crippen LogP contribution is -2.12. The number of ether oxygens (including phenoxy) is 1. The third kappa shape index (κ3) is 3.83. The Kier molecular flexibility index (Phi) is 6.08. The van der Waals surface area contributed by atoms with Gasteiger partial charge in [-0.1, -0.05) is 11.6 Å². The second kappa shape index (κ2) is 6.51. The first-order chi connectivity index (χ1) is 7.04. The van der Waals surface area contributed by atoms with E-state index in [0.29, 0.717) is 17.7 Å². The molecule has 0 unspecified atom stereocenters. The summed E-state index contributed by atoms with van der Waals surface area (Å²) < 4.78 is 18.5. The lowest BCUT2D eigenvalue weighted by atomic mass is 10.0. The van der Waals surface area contributed by atoms with Crippen LogP contribution in [0.1, 0.15) is 24.9 Å². The average Bonchev–Trinajstić information content (AvgIpc) is 2.16. The van der Waals surface area contributed by atoms with Gasteiger partial charge in [0.15, 0.2) is 0 Å². The van der Waals surface area contributed by atoms with Crippen molar-refractivity contribution in [3.8, 4) is 5.75 Å². The van der Waals surface area contributed by atoms with Crippen molar-refractivity contribution in [3.05, 3.63) is 41.7 Å². The molecule has 0 spiro atoms. The van der Waals surface area contributed by atoms with Crippen LogP contribution in [-0.2, 0) is 0 Å².